The lowest BCUT2D eigenvalue weighted by Crippen LogP contribution is -2.04. The van der Waals surface area contributed by atoms with Crippen molar-refractivity contribution in [1.82, 2.24) is 0 Å². The van der Waals surface area contributed by atoms with Crippen LogP contribution >= 0.6 is 34.8 Å². The number of rotatable bonds is 5. The Balaban J connectivity index is 2.42. The molecular weight excluding hydrogens is 246 g/mol. The third-order valence-corrected chi connectivity index (χ3v) is 2.10. The lowest BCUT2D eigenvalue weighted by atomic mass is 10.3. The van der Waals surface area contributed by atoms with E-state index in [1.807, 2.05) is 0 Å². The fourth-order valence-electron chi connectivity index (χ4n) is 0.811. The highest BCUT2D eigenvalue weighted by Gasteiger charge is 2.01. The van der Waals surface area contributed by atoms with Gasteiger partial charge in [0.25, 0.3) is 0 Å². The van der Waals surface area contributed by atoms with Crippen LogP contribution in [0.3, 0.4) is 0 Å². The van der Waals surface area contributed by atoms with Gasteiger partial charge in [0, 0.05) is 10.9 Å². The standard InChI is InChI=1S/C9H9Cl3O2/c10-3-4-13-6-14-9-2-1-7(11)5-8(9)12/h1-2,5H,3-4,6H2. The van der Waals surface area contributed by atoms with Crippen molar-refractivity contribution in [2.75, 3.05) is 19.3 Å². The van der Waals surface area contributed by atoms with Gasteiger partial charge in [-0.1, -0.05) is 23.2 Å². The molecule has 0 amide bonds. The van der Waals surface area contributed by atoms with Gasteiger partial charge in [-0.05, 0) is 18.2 Å². The van der Waals surface area contributed by atoms with Crippen molar-refractivity contribution < 1.29 is 9.47 Å². The molecule has 0 aromatic heterocycles. The molecule has 5 heteroatoms. The van der Waals surface area contributed by atoms with Crippen molar-refractivity contribution in [3.63, 3.8) is 0 Å². The maximum atomic E-state index is 5.85. The van der Waals surface area contributed by atoms with Gasteiger partial charge in [0.05, 0.1) is 11.6 Å². The van der Waals surface area contributed by atoms with E-state index in [4.69, 9.17) is 44.3 Å². The fourth-order valence-corrected chi connectivity index (χ4v) is 1.38. The third kappa shape index (κ3) is 3.93. The molecule has 0 aliphatic heterocycles. The van der Waals surface area contributed by atoms with Crippen molar-refractivity contribution in [3.05, 3.63) is 28.2 Å². The summed E-state index contributed by atoms with van der Waals surface area (Å²) in [7, 11) is 0. The first-order valence-corrected chi connectivity index (χ1v) is 5.24. The molecule has 0 aliphatic carbocycles. The molecule has 0 unspecified atom stereocenters. The highest BCUT2D eigenvalue weighted by atomic mass is 35.5. The van der Waals surface area contributed by atoms with Gasteiger partial charge < -0.3 is 9.47 Å². The summed E-state index contributed by atoms with van der Waals surface area (Å²) < 4.78 is 10.2. The average Bonchev–Trinajstić information content (AvgIpc) is 2.15. The van der Waals surface area contributed by atoms with Gasteiger partial charge in [-0.15, -0.1) is 11.6 Å². The number of benzene rings is 1. The Bertz CT molecular complexity index is 291. The normalized spacial score (nSPS) is 10.2. The smallest absolute Gasteiger partial charge is 0.189 e. The first-order valence-electron chi connectivity index (χ1n) is 3.95. The molecule has 1 aromatic carbocycles. The Morgan fingerprint density at radius 3 is 2.64 bits per heavy atom. The Hall–Kier alpha value is -0.150. The third-order valence-electron chi connectivity index (χ3n) is 1.41. The average molecular weight is 256 g/mol. The number of hydrogen-bond donors (Lipinski definition) is 0. The summed E-state index contributed by atoms with van der Waals surface area (Å²) in [5.74, 6) is 0.989. The zero-order valence-corrected chi connectivity index (χ0v) is 9.57. The summed E-state index contributed by atoms with van der Waals surface area (Å²) in [6.07, 6.45) is 0. The van der Waals surface area contributed by atoms with Crippen LogP contribution in [0, 0.1) is 0 Å². The van der Waals surface area contributed by atoms with Crippen molar-refractivity contribution in [2.24, 2.45) is 0 Å². The molecule has 0 aliphatic rings. The SMILES string of the molecule is ClCCOCOc1ccc(Cl)cc1Cl. The molecule has 0 radical (unpaired) electrons. The number of ether oxygens (including phenoxy) is 2. The Morgan fingerprint density at radius 2 is 2.00 bits per heavy atom. The topological polar surface area (TPSA) is 18.5 Å². The zero-order valence-electron chi connectivity index (χ0n) is 7.30. The van der Waals surface area contributed by atoms with Crippen LogP contribution in [0.15, 0.2) is 18.2 Å². The first kappa shape index (κ1) is 11.9. The molecule has 0 saturated carbocycles. The minimum atomic E-state index is 0.133. The van der Waals surface area contributed by atoms with Crippen LogP contribution in [0.4, 0.5) is 0 Å². The van der Waals surface area contributed by atoms with E-state index < -0.39 is 0 Å². The van der Waals surface area contributed by atoms with Gasteiger partial charge in [0.1, 0.15) is 5.75 Å². The lowest BCUT2D eigenvalue weighted by Gasteiger charge is -2.07. The van der Waals surface area contributed by atoms with E-state index in [9.17, 15) is 0 Å². The Kier molecular flexibility index (Phi) is 5.41. The molecule has 1 rings (SSSR count). The van der Waals surface area contributed by atoms with E-state index in [2.05, 4.69) is 0 Å². The Morgan fingerprint density at radius 1 is 1.21 bits per heavy atom. The molecule has 0 heterocycles. The maximum absolute atomic E-state index is 5.85. The molecule has 0 spiro atoms. The van der Waals surface area contributed by atoms with Gasteiger partial charge >= 0.3 is 0 Å². The van der Waals surface area contributed by atoms with E-state index in [1.165, 1.54) is 0 Å². The van der Waals surface area contributed by atoms with Crippen LogP contribution < -0.4 is 4.74 Å². The minimum Gasteiger partial charge on any atom is -0.466 e. The highest BCUT2D eigenvalue weighted by molar-refractivity contribution is 6.35. The van der Waals surface area contributed by atoms with Crippen LogP contribution in [0.1, 0.15) is 0 Å². The van der Waals surface area contributed by atoms with Crippen molar-refractivity contribution in [3.8, 4) is 5.75 Å². The largest absolute Gasteiger partial charge is 0.466 e. The van der Waals surface area contributed by atoms with Crippen LogP contribution in [-0.2, 0) is 4.74 Å². The molecule has 14 heavy (non-hydrogen) atoms. The molecule has 0 N–H and O–H groups in total. The van der Waals surface area contributed by atoms with Gasteiger partial charge in [-0.2, -0.15) is 0 Å². The quantitative estimate of drug-likeness (QED) is 0.455. The van der Waals surface area contributed by atoms with E-state index >= 15 is 0 Å². The van der Waals surface area contributed by atoms with Gasteiger partial charge in [-0.3, -0.25) is 0 Å². The monoisotopic (exact) mass is 254 g/mol. The molecule has 2 nitrogen and oxygen atoms in total. The van der Waals surface area contributed by atoms with Crippen LogP contribution in [-0.4, -0.2) is 19.3 Å². The molecular formula is C9H9Cl3O2. The van der Waals surface area contributed by atoms with Gasteiger partial charge in [0.15, 0.2) is 6.79 Å². The number of alkyl halides is 1. The summed E-state index contributed by atoms with van der Waals surface area (Å²) in [5, 5.41) is 1.04. The predicted molar refractivity (Wildman–Crippen MR) is 58.6 cm³/mol. The van der Waals surface area contributed by atoms with E-state index in [0.29, 0.717) is 28.3 Å². The second-order valence-corrected chi connectivity index (χ2v) is 3.66. The molecule has 78 valence electrons. The molecule has 1 aromatic rings. The zero-order chi connectivity index (χ0) is 10.4. The Labute approximate surface area is 97.7 Å². The molecule has 0 fully saturated rings. The molecule has 0 bridgehead atoms. The predicted octanol–water partition coefficient (Wildman–Crippen LogP) is 3.59. The fraction of sp³-hybridized carbons (Fsp3) is 0.333. The van der Waals surface area contributed by atoms with Crippen molar-refractivity contribution >= 4 is 34.8 Å². The van der Waals surface area contributed by atoms with E-state index in [1.54, 1.807) is 18.2 Å². The van der Waals surface area contributed by atoms with Crippen molar-refractivity contribution in [2.45, 2.75) is 0 Å². The van der Waals surface area contributed by atoms with Crippen LogP contribution in [0.25, 0.3) is 0 Å². The summed E-state index contributed by atoms with van der Waals surface area (Å²) in [4.78, 5) is 0. The van der Waals surface area contributed by atoms with Gasteiger partial charge in [0.2, 0.25) is 0 Å². The first-order chi connectivity index (χ1) is 6.74. The van der Waals surface area contributed by atoms with Gasteiger partial charge in [-0.25, -0.2) is 0 Å². The van der Waals surface area contributed by atoms with Crippen LogP contribution in [0.5, 0.6) is 5.75 Å². The lowest BCUT2D eigenvalue weighted by molar-refractivity contribution is 0.0235. The molecule has 0 atom stereocenters. The summed E-state index contributed by atoms with van der Waals surface area (Å²) >= 11 is 17.0. The minimum absolute atomic E-state index is 0.133. The summed E-state index contributed by atoms with van der Waals surface area (Å²) in [5.41, 5.74) is 0. The summed E-state index contributed by atoms with van der Waals surface area (Å²) in [6, 6.07) is 5.00. The number of halogens is 3. The molecule has 0 saturated heterocycles. The van der Waals surface area contributed by atoms with E-state index in [-0.39, 0.29) is 6.79 Å². The summed E-state index contributed by atoms with van der Waals surface area (Å²) in [6.45, 7) is 0.584. The van der Waals surface area contributed by atoms with Crippen molar-refractivity contribution in [1.29, 1.82) is 0 Å². The second kappa shape index (κ2) is 6.36. The maximum Gasteiger partial charge on any atom is 0.189 e. The second-order valence-electron chi connectivity index (χ2n) is 2.43. The van der Waals surface area contributed by atoms with Crippen LogP contribution in [0.2, 0.25) is 10.0 Å². The number of hydrogen-bond acceptors (Lipinski definition) is 2. The van der Waals surface area contributed by atoms with E-state index in [0.717, 1.165) is 0 Å². The highest BCUT2D eigenvalue weighted by Crippen LogP contribution is 2.27.